The maximum absolute atomic E-state index is 14.4. The molecule has 1 fully saturated rings. The van der Waals surface area contributed by atoms with E-state index in [0.717, 1.165) is 37.2 Å². The molecule has 1 aliphatic carbocycles. The number of unbranched alkanes of at least 4 members (excludes halogenated alkanes) is 1. The zero-order valence-corrected chi connectivity index (χ0v) is 13.0. The molecule has 0 heterocycles. The van der Waals surface area contributed by atoms with Crippen molar-refractivity contribution < 1.29 is 4.39 Å². The number of benzene rings is 1. The van der Waals surface area contributed by atoms with Gasteiger partial charge >= 0.3 is 0 Å². The molecule has 1 aliphatic rings. The fourth-order valence-corrected chi connectivity index (χ4v) is 2.79. The quantitative estimate of drug-likeness (QED) is 0.764. The molecule has 1 aromatic rings. The fourth-order valence-electron chi connectivity index (χ4n) is 2.79. The number of nitrogens with zero attached hydrogens (tertiary/aromatic N) is 1. The molecule has 0 saturated heterocycles. The van der Waals surface area contributed by atoms with E-state index < -0.39 is 0 Å². The van der Waals surface area contributed by atoms with E-state index in [2.05, 4.69) is 37.1 Å². The van der Waals surface area contributed by atoms with E-state index in [9.17, 15) is 4.39 Å². The van der Waals surface area contributed by atoms with Crippen molar-refractivity contribution in [2.75, 3.05) is 18.0 Å². The number of para-hydroxylation sites is 1. The summed E-state index contributed by atoms with van der Waals surface area (Å²) in [6, 6.07) is 6.22. The molecule has 20 heavy (non-hydrogen) atoms. The van der Waals surface area contributed by atoms with Crippen molar-refractivity contribution in [3.8, 4) is 0 Å². The monoisotopic (exact) mass is 278 g/mol. The van der Waals surface area contributed by atoms with Gasteiger partial charge in [-0.15, -0.1) is 0 Å². The van der Waals surface area contributed by atoms with Crippen molar-refractivity contribution in [1.29, 1.82) is 0 Å². The van der Waals surface area contributed by atoms with Crippen molar-refractivity contribution in [2.24, 2.45) is 0 Å². The predicted molar refractivity (Wildman–Crippen MR) is 83.8 cm³/mol. The minimum absolute atomic E-state index is 0.0738. The average Bonchev–Trinajstić information content (AvgIpc) is 3.25. The number of hydrogen-bond donors (Lipinski definition) is 1. The standard InChI is InChI=1S/C17H27FN2/c1-4-6-12-20(14-10-11-14)17-15(13(3)19-5-2)8-7-9-16(17)18/h7-9,13-14,19H,4-6,10-12H2,1-3H3. The Kier molecular flexibility index (Phi) is 5.41. The third-order valence-electron chi connectivity index (χ3n) is 4.02. The molecule has 0 aromatic heterocycles. The van der Waals surface area contributed by atoms with Crippen LogP contribution in [-0.2, 0) is 0 Å². The molecule has 0 radical (unpaired) electrons. The van der Waals surface area contributed by atoms with Crippen molar-refractivity contribution in [1.82, 2.24) is 5.32 Å². The van der Waals surface area contributed by atoms with Crippen molar-refractivity contribution >= 4 is 5.69 Å². The molecule has 112 valence electrons. The Morgan fingerprint density at radius 1 is 1.35 bits per heavy atom. The highest BCUT2D eigenvalue weighted by molar-refractivity contribution is 5.57. The van der Waals surface area contributed by atoms with Crippen LogP contribution in [0.5, 0.6) is 0 Å². The summed E-state index contributed by atoms with van der Waals surface area (Å²) in [7, 11) is 0. The van der Waals surface area contributed by atoms with Gasteiger partial charge in [0.1, 0.15) is 5.82 Å². The first-order valence-electron chi connectivity index (χ1n) is 7.97. The third-order valence-corrected chi connectivity index (χ3v) is 4.02. The summed E-state index contributed by atoms with van der Waals surface area (Å²) in [5.74, 6) is -0.0738. The maximum atomic E-state index is 14.4. The van der Waals surface area contributed by atoms with Crippen LogP contribution in [-0.4, -0.2) is 19.1 Å². The predicted octanol–water partition coefficient (Wildman–Crippen LogP) is 4.27. The topological polar surface area (TPSA) is 15.3 Å². The van der Waals surface area contributed by atoms with Gasteiger partial charge in [-0.25, -0.2) is 4.39 Å². The molecule has 2 nitrogen and oxygen atoms in total. The zero-order valence-electron chi connectivity index (χ0n) is 13.0. The fraction of sp³-hybridized carbons (Fsp3) is 0.647. The Morgan fingerprint density at radius 2 is 2.10 bits per heavy atom. The number of rotatable bonds is 8. The lowest BCUT2D eigenvalue weighted by Gasteiger charge is -2.29. The van der Waals surface area contributed by atoms with Crippen LogP contribution in [0.1, 0.15) is 58.1 Å². The summed E-state index contributed by atoms with van der Waals surface area (Å²) in [5.41, 5.74) is 1.92. The highest BCUT2D eigenvalue weighted by atomic mass is 19.1. The summed E-state index contributed by atoms with van der Waals surface area (Å²) in [5, 5.41) is 3.41. The van der Waals surface area contributed by atoms with Crippen LogP contribution < -0.4 is 10.2 Å². The van der Waals surface area contributed by atoms with Crippen LogP contribution in [0.4, 0.5) is 10.1 Å². The molecule has 1 atom stereocenters. The van der Waals surface area contributed by atoms with Gasteiger partial charge in [0.25, 0.3) is 0 Å². The number of halogens is 1. The average molecular weight is 278 g/mol. The number of anilines is 1. The van der Waals surface area contributed by atoms with Gasteiger partial charge in [0.05, 0.1) is 5.69 Å². The minimum Gasteiger partial charge on any atom is -0.366 e. The zero-order chi connectivity index (χ0) is 14.5. The molecule has 1 unspecified atom stereocenters. The number of hydrogen-bond acceptors (Lipinski definition) is 2. The smallest absolute Gasteiger partial charge is 0.146 e. The van der Waals surface area contributed by atoms with Gasteiger partial charge in [0.15, 0.2) is 0 Å². The van der Waals surface area contributed by atoms with Crippen molar-refractivity contribution in [2.45, 2.75) is 58.5 Å². The number of nitrogens with one attached hydrogen (secondary N) is 1. The van der Waals surface area contributed by atoms with Gasteiger partial charge < -0.3 is 10.2 Å². The molecule has 1 saturated carbocycles. The van der Waals surface area contributed by atoms with E-state index in [0.29, 0.717) is 6.04 Å². The van der Waals surface area contributed by atoms with E-state index in [1.807, 2.05) is 6.07 Å². The van der Waals surface area contributed by atoms with Gasteiger partial charge in [0.2, 0.25) is 0 Å². The van der Waals surface area contributed by atoms with Crippen molar-refractivity contribution in [3.05, 3.63) is 29.6 Å². The van der Waals surface area contributed by atoms with E-state index in [4.69, 9.17) is 0 Å². The lowest BCUT2D eigenvalue weighted by atomic mass is 10.0. The van der Waals surface area contributed by atoms with Crippen LogP contribution in [0.2, 0.25) is 0 Å². The van der Waals surface area contributed by atoms with Gasteiger partial charge in [-0.1, -0.05) is 32.4 Å². The second kappa shape index (κ2) is 7.07. The van der Waals surface area contributed by atoms with Gasteiger partial charge in [-0.3, -0.25) is 0 Å². The lowest BCUT2D eigenvalue weighted by Crippen LogP contribution is -2.30. The molecular formula is C17H27FN2. The molecule has 2 rings (SSSR count). The van der Waals surface area contributed by atoms with Crippen LogP contribution in [0.3, 0.4) is 0 Å². The Bertz CT molecular complexity index is 429. The van der Waals surface area contributed by atoms with Crippen molar-refractivity contribution in [3.63, 3.8) is 0 Å². The third kappa shape index (κ3) is 3.51. The summed E-state index contributed by atoms with van der Waals surface area (Å²) in [4.78, 5) is 2.31. The highest BCUT2D eigenvalue weighted by Gasteiger charge is 2.32. The van der Waals surface area contributed by atoms with Crippen LogP contribution >= 0.6 is 0 Å². The summed E-state index contributed by atoms with van der Waals surface area (Å²) >= 11 is 0. The highest BCUT2D eigenvalue weighted by Crippen LogP contribution is 2.37. The van der Waals surface area contributed by atoms with Gasteiger partial charge in [-0.05, 0) is 44.4 Å². The molecule has 3 heteroatoms. The second-order valence-electron chi connectivity index (χ2n) is 5.74. The van der Waals surface area contributed by atoms with E-state index >= 15 is 0 Å². The van der Waals surface area contributed by atoms with E-state index in [1.54, 1.807) is 6.07 Å². The summed E-state index contributed by atoms with van der Waals surface area (Å²) in [6.07, 6.45) is 4.68. The lowest BCUT2D eigenvalue weighted by molar-refractivity contribution is 0.572. The first-order chi connectivity index (χ1) is 9.69. The van der Waals surface area contributed by atoms with E-state index in [-0.39, 0.29) is 11.9 Å². The molecule has 0 bridgehead atoms. The second-order valence-corrected chi connectivity index (χ2v) is 5.74. The minimum atomic E-state index is -0.0738. The van der Waals surface area contributed by atoms with Gasteiger partial charge in [0, 0.05) is 18.6 Å². The van der Waals surface area contributed by atoms with Crippen LogP contribution in [0.25, 0.3) is 0 Å². The molecule has 0 aliphatic heterocycles. The Hall–Kier alpha value is -1.09. The molecule has 0 spiro atoms. The Balaban J connectivity index is 2.31. The molecule has 1 aromatic carbocycles. The molecular weight excluding hydrogens is 251 g/mol. The first-order valence-corrected chi connectivity index (χ1v) is 7.97. The van der Waals surface area contributed by atoms with Gasteiger partial charge in [-0.2, -0.15) is 0 Å². The molecule has 0 amide bonds. The maximum Gasteiger partial charge on any atom is 0.146 e. The Labute approximate surface area is 122 Å². The van der Waals surface area contributed by atoms with E-state index in [1.165, 1.54) is 12.8 Å². The molecule has 1 N–H and O–H groups in total. The SMILES string of the molecule is CCCCN(c1c(F)cccc1C(C)NCC)C1CC1. The first kappa shape index (κ1) is 15.3. The summed E-state index contributed by atoms with van der Waals surface area (Å²) < 4.78 is 14.4. The Morgan fingerprint density at radius 3 is 2.70 bits per heavy atom. The van der Waals surface area contributed by atoms with Crippen LogP contribution in [0.15, 0.2) is 18.2 Å². The normalized spacial score (nSPS) is 16.2. The summed E-state index contributed by atoms with van der Waals surface area (Å²) in [6.45, 7) is 8.26. The largest absolute Gasteiger partial charge is 0.366 e. The van der Waals surface area contributed by atoms with Crippen LogP contribution in [0, 0.1) is 5.82 Å².